The molecule has 0 unspecified atom stereocenters. The second-order valence-corrected chi connectivity index (χ2v) is 7.58. The zero-order valence-corrected chi connectivity index (χ0v) is 17.6. The summed E-state index contributed by atoms with van der Waals surface area (Å²) in [4.78, 5) is 12.3. The Balaban J connectivity index is 1.48. The summed E-state index contributed by atoms with van der Waals surface area (Å²) in [7, 11) is 0. The first-order chi connectivity index (χ1) is 15.0. The van der Waals surface area contributed by atoms with Gasteiger partial charge in [0.25, 0.3) is 0 Å². The highest BCUT2D eigenvalue weighted by atomic mass is 79.9. The third-order valence-corrected chi connectivity index (χ3v) is 5.30. The topological polar surface area (TPSA) is 77.2 Å². The van der Waals surface area contributed by atoms with E-state index in [9.17, 15) is 8.78 Å². The van der Waals surface area contributed by atoms with Gasteiger partial charge in [0, 0.05) is 18.3 Å². The van der Waals surface area contributed by atoms with E-state index in [1.165, 1.54) is 18.7 Å². The van der Waals surface area contributed by atoms with Gasteiger partial charge in [-0.1, -0.05) is 0 Å². The van der Waals surface area contributed by atoms with Crippen LogP contribution in [0.2, 0.25) is 0 Å². The van der Waals surface area contributed by atoms with E-state index in [4.69, 9.17) is 4.74 Å². The van der Waals surface area contributed by atoms with Crippen LogP contribution in [0.3, 0.4) is 0 Å². The maximum atomic E-state index is 14.9. The molecule has 154 valence electrons. The summed E-state index contributed by atoms with van der Waals surface area (Å²) in [5.74, 6) is -0.105. The number of pyridine rings is 1. The second kappa shape index (κ2) is 7.55. The summed E-state index contributed by atoms with van der Waals surface area (Å²) in [5.41, 5.74) is 1.82. The molecule has 0 aliphatic rings. The molecule has 0 saturated carbocycles. The van der Waals surface area contributed by atoms with Crippen LogP contribution in [0, 0.1) is 18.6 Å². The number of aromatic nitrogens is 5. The molecular weight excluding hydrogens is 470 g/mol. The fourth-order valence-electron chi connectivity index (χ4n) is 3.17. The van der Waals surface area contributed by atoms with Crippen molar-refractivity contribution in [3.05, 3.63) is 76.9 Å². The van der Waals surface area contributed by atoms with Crippen LogP contribution in [-0.2, 0) is 0 Å². The number of hydrogen-bond donors (Lipinski definition) is 1. The number of halogens is 3. The van der Waals surface area contributed by atoms with E-state index >= 15 is 0 Å². The van der Waals surface area contributed by atoms with Crippen molar-refractivity contribution >= 4 is 44.0 Å². The molecule has 0 atom stereocenters. The van der Waals surface area contributed by atoms with Crippen molar-refractivity contribution in [2.24, 2.45) is 0 Å². The second-order valence-electron chi connectivity index (χ2n) is 6.73. The quantitative estimate of drug-likeness (QED) is 0.361. The normalized spacial score (nSPS) is 11.2. The van der Waals surface area contributed by atoms with Crippen LogP contribution in [0.4, 0.5) is 20.3 Å². The zero-order valence-electron chi connectivity index (χ0n) is 16.0. The minimum Gasteiger partial charge on any atom is -0.457 e. The van der Waals surface area contributed by atoms with Crippen molar-refractivity contribution < 1.29 is 13.5 Å². The SMILES string of the molecule is Cc1cc(Nc2ncnc3ccc(Br)c(F)c23)c(F)cc1Oc1ccn2ncnc2c1. The minimum atomic E-state index is -0.577. The third-order valence-electron chi connectivity index (χ3n) is 4.69. The number of ether oxygens (including phenoxy) is 1. The average Bonchev–Trinajstić information content (AvgIpc) is 3.22. The highest BCUT2D eigenvalue weighted by Crippen LogP contribution is 2.34. The Hall–Kier alpha value is -3.66. The molecule has 0 aliphatic carbocycles. The van der Waals surface area contributed by atoms with Crippen LogP contribution in [0.15, 0.2) is 59.7 Å². The first-order valence-electron chi connectivity index (χ1n) is 9.13. The molecule has 5 rings (SSSR count). The van der Waals surface area contributed by atoms with Gasteiger partial charge in [0.2, 0.25) is 0 Å². The predicted octanol–water partition coefficient (Wildman–Crippen LogP) is 5.56. The lowest BCUT2D eigenvalue weighted by Gasteiger charge is -2.14. The van der Waals surface area contributed by atoms with Crippen molar-refractivity contribution in [1.29, 1.82) is 0 Å². The third kappa shape index (κ3) is 3.55. The number of rotatable bonds is 4. The summed E-state index contributed by atoms with van der Waals surface area (Å²) >= 11 is 3.16. The molecule has 7 nitrogen and oxygen atoms in total. The smallest absolute Gasteiger partial charge is 0.158 e. The van der Waals surface area contributed by atoms with E-state index in [1.54, 1.807) is 48.0 Å². The Kier molecular flexibility index (Phi) is 4.70. The number of benzene rings is 2. The monoisotopic (exact) mass is 482 g/mol. The van der Waals surface area contributed by atoms with Crippen LogP contribution in [0.25, 0.3) is 16.6 Å². The molecule has 0 radical (unpaired) electrons. The van der Waals surface area contributed by atoms with Crippen molar-refractivity contribution in [2.45, 2.75) is 6.92 Å². The number of aryl methyl sites for hydroxylation is 1. The predicted molar refractivity (Wildman–Crippen MR) is 115 cm³/mol. The van der Waals surface area contributed by atoms with Gasteiger partial charge in [-0.25, -0.2) is 28.2 Å². The molecule has 31 heavy (non-hydrogen) atoms. The maximum Gasteiger partial charge on any atom is 0.158 e. The molecule has 10 heteroatoms. The van der Waals surface area contributed by atoms with E-state index in [0.717, 1.165) is 0 Å². The van der Waals surface area contributed by atoms with Crippen LogP contribution in [-0.4, -0.2) is 24.6 Å². The summed E-state index contributed by atoms with van der Waals surface area (Å²) in [6.07, 6.45) is 4.43. The molecular formula is C21H13BrF2N6O. The Morgan fingerprint density at radius 2 is 1.90 bits per heavy atom. The number of nitrogens with one attached hydrogen (secondary N) is 1. The summed E-state index contributed by atoms with van der Waals surface area (Å²) in [6.45, 7) is 1.78. The average molecular weight is 483 g/mol. The summed E-state index contributed by atoms with van der Waals surface area (Å²) in [5, 5.41) is 7.06. The van der Waals surface area contributed by atoms with Gasteiger partial charge in [0.05, 0.1) is 21.1 Å². The summed E-state index contributed by atoms with van der Waals surface area (Å²) < 4.78 is 37.2. The number of fused-ring (bicyclic) bond motifs is 2. The molecule has 0 amide bonds. The molecule has 0 saturated heterocycles. The molecule has 0 bridgehead atoms. The zero-order chi connectivity index (χ0) is 21.5. The van der Waals surface area contributed by atoms with Gasteiger partial charge in [-0.05, 0) is 52.7 Å². The van der Waals surface area contributed by atoms with Crippen LogP contribution >= 0.6 is 15.9 Å². The van der Waals surface area contributed by atoms with E-state index in [2.05, 4.69) is 41.3 Å². The molecule has 0 aliphatic heterocycles. The van der Waals surface area contributed by atoms with Gasteiger partial charge in [0.15, 0.2) is 11.5 Å². The number of hydrogen-bond acceptors (Lipinski definition) is 6. The largest absolute Gasteiger partial charge is 0.457 e. The Labute approximate surface area is 182 Å². The number of nitrogens with zero attached hydrogens (tertiary/aromatic N) is 5. The summed E-state index contributed by atoms with van der Waals surface area (Å²) in [6, 6.07) is 9.46. The van der Waals surface area contributed by atoms with Gasteiger partial charge >= 0.3 is 0 Å². The highest BCUT2D eigenvalue weighted by molar-refractivity contribution is 9.10. The minimum absolute atomic E-state index is 0.136. The number of anilines is 2. The van der Waals surface area contributed by atoms with E-state index in [1.807, 2.05) is 0 Å². The molecule has 3 heterocycles. The van der Waals surface area contributed by atoms with Crippen molar-refractivity contribution in [1.82, 2.24) is 24.6 Å². The van der Waals surface area contributed by atoms with E-state index in [0.29, 0.717) is 28.2 Å². The Bertz CT molecular complexity index is 1460. The first-order valence-corrected chi connectivity index (χ1v) is 9.92. The maximum absolute atomic E-state index is 14.9. The molecule has 0 spiro atoms. The lowest BCUT2D eigenvalue weighted by atomic mass is 10.1. The fraction of sp³-hybridized carbons (Fsp3) is 0.0476. The van der Waals surface area contributed by atoms with Gasteiger partial charge in [-0.3, -0.25) is 0 Å². The highest BCUT2D eigenvalue weighted by Gasteiger charge is 2.15. The molecule has 5 aromatic rings. The lowest BCUT2D eigenvalue weighted by molar-refractivity contribution is 0.473. The van der Waals surface area contributed by atoms with Crippen molar-refractivity contribution in [3.63, 3.8) is 0 Å². The fourth-order valence-corrected chi connectivity index (χ4v) is 3.50. The van der Waals surface area contributed by atoms with Crippen molar-refractivity contribution in [3.8, 4) is 11.5 Å². The van der Waals surface area contributed by atoms with Gasteiger partial charge in [-0.2, -0.15) is 5.10 Å². The van der Waals surface area contributed by atoms with Crippen LogP contribution in [0.1, 0.15) is 5.56 Å². The van der Waals surface area contributed by atoms with Gasteiger partial charge < -0.3 is 10.1 Å². The first kappa shape index (κ1) is 19.3. The molecule has 0 fully saturated rings. The van der Waals surface area contributed by atoms with Crippen LogP contribution < -0.4 is 10.1 Å². The van der Waals surface area contributed by atoms with Crippen LogP contribution in [0.5, 0.6) is 11.5 Å². The Morgan fingerprint density at radius 1 is 1.03 bits per heavy atom. The van der Waals surface area contributed by atoms with Crippen molar-refractivity contribution in [2.75, 3.05) is 5.32 Å². The van der Waals surface area contributed by atoms with Gasteiger partial charge in [-0.15, -0.1) is 0 Å². The Morgan fingerprint density at radius 3 is 2.77 bits per heavy atom. The standard InChI is InChI=1S/C21H13BrF2N6O/c1-11-6-16(29-21-19-15(25-9-27-21)3-2-13(22)20(19)24)14(23)8-17(11)31-12-4-5-30-18(7-12)26-10-28-30/h2-10H,1H3,(H,25,27,29). The molecule has 1 N–H and O–H groups in total. The van der Waals surface area contributed by atoms with E-state index < -0.39 is 11.6 Å². The molecule has 2 aromatic carbocycles. The molecule has 3 aromatic heterocycles. The van der Waals surface area contributed by atoms with E-state index in [-0.39, 0.29) is 21.4 Å². The lowest BCUT2D eigenvalue weighted by Crippen LogP contribution is -2.01. The van der Waals surface area contributed by atoms with Gasteiger partial charge in [0.1, 0.15) is 35.8 Å².